The maximum atomic E-state index is 5.60. The molecule has 1 rings (SSSR count). The Balaban J connectivity index is 2.03. The van der Waals surface area contributed by atoms with E-state index in [0.717, 1.165) is 6.54 Å². The Kier molecular flexibility index (Phi) is 7.90. The smallest absolute Gasteiger partial charge is 0.0945 e. The highest BCUT2D eigenvalue weighted by atomic mass is 16.5. The van der Waals surface area contributed by atoms with Crippen molar-refractivity contribution >= 4 is 0 Å². The maximum Gasteiger partial charge on any atom is 0.0945 e. The zero-order chi connectivity index (χ0) is 14.8. The van der Waals surface area contributed by atoms with Crippen LogP contribution in [0, 0.1) is 5.41 Å². The van der Waals surface area contributed by atoms with Crippen molar-refractivity contribution in [3.63, 3.8) is 0 Å². The molecule has 1 aromatic heterocycles. The van der Waals surface area contributed by atoms with Crippen LogP contribution < -0.4 is 0 Å². The fourth-order valence-corrected chi connectivity index (χ4v) is 2.50. The van der Waals surface area contributed by atoms with Gasteiger partial charge in [0.25, 0.3) is 0 Å². The Morgan fingerprint density at radius 2 is 1.85 bits per heavy atom. The molecule has 0 aliphatic rings. The first-order chi connectivity index (χ1) is 9.51. The SMILES string of the molecule is CO[C@H](CCCCCn1ccnc1)CCCC(C)(C)C. The molecule has 0 aliphatic carbocycles. The standard InChI is InChI=1S/C17H32N2O/c1-17(2,3)11-8-10-16(20-4)9-6-5-7-13-19-14-12-18-15-19/h12,14-16H,5-11,13H2,1-4H3/t16-/m1/s1. The first-order valence-electron chi connectivity index (χ1n) is 8.00. The fourth-order valence-electron chi connectivity index (χ4n) is 2.50. The lowest BCUT2D eigenvalue weighted by atomic mass is 9.89. The van der Waals surface area contributed by atoms with Gasteiger partial charge in [-0.1, -0.05) is 40.0 Å². The number of rotatable bonds is 10. The van der Waals surface area contributed by atoms with Crippen molar-refractivity contribution in [2.75, 3.05) is 7.11 Å². The summed E-state index contributed by atoms with van der Waals surface area (Å²) >= 11 is 0. The van der Waals surface area contributed by atoms with Crippen molar-refractivity contribution in [3.8, 4) is 0 Å². The maximum absolute atomic E-state index is 5.60. The minimum absolute atomic E-state index is 0.448. The summed E-state index contributed by atoms with van der Waals surface area (Å²) in [6.07, 6.45) is 15.0. The topological polar surface area (TPSA) is 27.1 Å². The van der Waals surface area contributed by atoms with Gasteiger partial charge in [0.05, 0.1) is 12.4 Å². The van der Waals surface area contributed by atoms with E-state index in [1.807, 2.05) is 25.8 Å². The zero-order valence-corrected chi connectivity index (χ0v) is 13.8. The molecule has 0 radical (unpaired) electrons. The molecule has 0 saturated heterocycles. The molecule has 0 unspecified atom stereocenters. The number of nitrogens with zero attached hydrogens (tertiary/aromatic N) is 2. The highest BCUT2D eigenvalue weighted by molar-refractivity contribution is 4.73. The van der Waals surface area contributed by atoms with Crippen molar-refractivity contribution in [2.24, 2.45) is 5.41 Å². The number of hydrogen-bond acceptors (Lipinski definition) is 2. The van der Waals surface area contributed by atoms with Gasteiger partial charge in [0.15, 0.2) is 0 Å². The van der Waals surface area contributed by atoms with Crippen LogP contribution in [0.4, 0.5) is 0 Å². The summed E-state index contributed by atoms with van der Waals surface area (Å²) in [4.78, 5) is 4.06. The van der Waals surface area contributed by atoms with E-state index in [-0.39, 0.29) is 0 Å². The second-order valence-corrected chi connectivity index (χ2v) is 6.96. The Hall–Kier alpha value is -0.830. The summed E-state index contributed by atoms with van der Waals surface area (Å²) in [6, 6.07) is 0. The molecule has 0 aromatic carbocycles. The summed E-state index contributed by atoms with van der Waals surface area (Å²) in [5.41, 5.74) is 0.448. The molecule has 0 saturated carbocycles. The Bertz CT molecular complexity index is 327. The van der Waals surface area contributed by atoms with Gasteiger partial charge in [-0.2, -0.15) is 0 Å². The highest BCUT2D eigenvalue weighted by Gasteiger charge is 2.12. The molecular formula is C17H32N2O. The number of methoxy groups -OCH3 is 1. The number of unbranched alkanes of at least 4 members (excludes halogenated alkanes) is 2. The largest absolute Gasteiger partial charge is 0.381 e. The van der Waals surface area contributed by atoms with Gasteiger partial charge in [0.2, 0.25) is 0 Å². The van der Waals surface area contributed by atoms with E-state index in [0.29, 0.717) is 11.5 Å². The predicted molar refractivity (Wildman–Crippen MR) is 84.8 cm³/mol. The third-order valence-electron chi connectivity index (χ3n) is 3.79. The summed E-state index contributed by atoms with van der Waals surface area (Å²) in [5, 5.41) is 0. The fraction of sp³-hybridized carbons (Fsp3) is 0.824. The third kappa shape index (κ3) is 8.36. The van der Waals surface area contributed by atoms with Gasteiger partial charge in [-0.3, -0.25) is 0 Å². The molecular weight excluding hydrogens is 248 g/mol. The van der Waals surface area contributed by atoms with E-state index in [4.69, 9.17) is 4.74 Å². The Morgan fingerprint density at radius 1 is 1.10 bits per heavy atom. The lowest BCUT2D eigenvalue weighted by Crippen LogP contribution is -2.12. The van der Waals surface area contributed by atoms with Crippen LogP contribution in [0.2, 0.25) is 0 Å². The van der Waals surface area contributed by atoms with E-state index >= 15 is 0 Å². The first-order valence-corrected chi connectivity index (χ1v) is 8.00. The summed E-state index contributed by atoms with van der Waals surface area (Å²) in [7, 11) is 1.85. The van der Waals surface area contributed by atoms with Crippen LogP contribution in [0.5, 0.6) is 0 Å². The van der Waals surface area contributed by atoms with Crippen LogP contribution in [-0.4, -0.2) is 22.8 Å². The van der Waals surface area contributed by atoms with Crippen LogP contribution in [0.15, 0.2) is 18.7 Å². The van der Waals surface area contributed by atoms with E-state index in [2.05, 4.69) is 30.3 Å². The molecule has 3 heteroatoms. The molecule has 0 aliphatic heterocycles. The quantitative estimate of drug-likeness (QED) is 0.582. The van der Waals surface area contributed by atoms with E-state index in [1.165, 1.54) is 44.9 Å². The molecule has 1 heterocycles. The molecule has 1 aromatic rings. The number of ether oxygens (including phenoxy) is 1. The predicted octanol–water partition coefficient (Wildman–Crippen LogP) is 4.67. The van der Waals surface area contributed by atoms with Crippen LogP contribution in [0.25, 0.3) is 0 Å². The van der Waals surface area contributed by atoms with E-state index < -0.39 is 0 Å². The van der Waals surface area contributed by atoms with Crippen molar-refractivity contribution in [3.05, 3.63) is 18.7 Å². The van der Waals surface area contributed by atoms with E-state index in [1.54, 1.807) is 0 Å². The Morgan fingerprint density at radius 3 is 2.45 bits per heavy atom. The van der Waals surface area contributed by atoms with Gasteiger partial charge in [0.1, 0.15) is 0 Å². The summed E-state index contributed by atoms with van der Waals surface area (Å²) < 4.78 is 7.75. The highest BCUT2D eigenvalue weighted by Crippen LogP contribution is 2.23. The number of aryl methyl sites for hydroxylation is 1. The van der Waals surface area contributed by atoms with E-state index in [9.17, 15) is 0 Å². The van der Waals surface area contributed by atoms with Gasteiger partial charge >= 0.3 is 0 Å². The van der Waals surface area contributed by atoms with Gasteiger partial charge in [-0.25, -0.2) is 4.98 Å². The van der Waals surface area contributed by atoms with Crippen molar-refractivity contribution < 1.29 is 4.74 Å². The molecule has 0 fully saturated rings. The Labute approximate surface area is 124 Å². The average molecular weight is 280 g/mol. The molecule has 3 nitrogen and oxygen atoms in total. The van der Waals surface area contributed by atoms with Crippen molar-refractivity contribution in [1.82, 2.24) is 9.55 Å². The molecule has 0 amide bonds. The number of imidazole rings is 1. The minimum atomic E-state index is 0.448. The molecule has 20 heavy (non-hydrogen) atoms. The zero-order valence-electron chi connectivity index (χ0n) is 13.8. The van der Waals surface area contributed by atoms with Gasteiger partial charge in [0, 0.05) is 26.0 Å². The van der Waals surface area contributed by atoms with Gasteiger partial charge < -0.3 is 9.30 Å². The minimum Gasteiger partial charge on any atom is -0.381 e. The number of hydrogen-bond donors (Lipinski definition) is 0. The monoisotopic (exact) mass is 280 g/mol. The van der Waals surface area contributed by atoms with Crippen LogP contribution in [0.1, 0.15) is 65.7 Å². The normalized spacial score (nSPS) is 13.6. The second-order valence-electron chi connectivity index (χ2n) is 6.96. The lowest BCUT2D eigenvalue weighted by Gasteiger charge is -2.20. The molecule has 0 bridgehead atoms. The van der Waals surface area contributed by atoms with Crippen molar-refractivity contribution in [1.29, 1.82) is 0 Å². The van der Waals surface area contributed by atoms with Crippen LogP contribution >= 0.6 is 0 Å². The second kappa shape index (κ2) is 9.17. The van der Waals surface area contributed by atoms with Crippen LogP contribution in [-0.2, 0) is 11.3 Å². The average Bonchev–Trinajstić information content (AvgIpc) is 2.88. The van der Waals surface area contributed by atoms with Crippen LogP contribution in [0.3, 0.4) is 0 Å². The summed E-state index contributed by atoms with van der Waals surface area (Å²) in [5.74, 6) is 0. The molecule has 1 atom stereocenters. The third-order valence-corrected chi connectivity index (χ3v) is 3.79. The summed E-state index contributed by atoms with van der Waals surface area (Å²) in [6.45, 7) is 8.02. The lowest BCUT2D eigenvalue weighted by molar-refractivity contribution is 0.0808. The van der Waals surface area contributed by atoms with Crippen molar-refractivity contribution in [2.45, 2.75) is 78.4 Å². The van der Waals surface area contributed by atoms with Gasteiger partial charge in [-0.05, 0) is 31.1 Å². The first kappa shape index (κ1) is 17.2. The molecule has 116 valence electrons. The molecule has 0 spiro atoms. The number of aromatic nitrogens is 2. The van der Waals surface area contributed by atoms with Gasteiger partial charge in [-0.15, -0.1) is 0 Å². The molecule has 0 N–H and O–H groups in total.